The average molecular weight is 364 g/mol. The van der Waals surface area contributed by atoms with Gasteiger partial charge in [0.25, 0.3) is 0 Å². The third kappa shape index (κ3) is 2.41. The average Bonchev–Trinajstić information content (AvgIpc) is 3.10. The molecule has 0 radical (unpaired) electrons. The number of benzene rings is 1. The molecule has 0 aliphatic heterocycles. The topological polar surface area (TPSA) is 17.8 Å². The Balaban J connectivity index is 2.12. The SMILES string of the molecule is CSC1(Cn2c(CCl)nc3cc(Br)c(F)cc32)CC1. The van der Waals surface area contributed by atoms with Crippen LogP contribution in [0.5, 0.6) is 0 Å². The molecule has 2 nitrogen and oxygen atoms in total. The van der Waals surface area contributed by atoms with Crippen molar-refractivity contribution >= 4 is 50.3 Å². The highest BCUT2D eigenvalue weighted by Gasteiger charge is 2.42. The second-order valence-corrected chi connectivity index (χ2v) is 7.29. The number of imidazole rings is 1. The molecular weight excluding hydrogens is 351 g/mol. The van der Waals surface area contributed by atoms with E-state index in [1.54, 1.807) is 12.1 Å². The molecule has 19 heavy (non-hydrogen) atoms. The number of nitrogens with zero attached hydrogens (tertiary/aromatic N) is 2. The molecule has 1 fully saturated rings. The highest BCUT2D eigenvalue weighted by molar-refractivity contribution is 9.10. The van der Waals surface area contributed by atoms with Gasteiger partial charge in [0, 0.05) is 17.4 Å². The van der Waals surface area contributed by atoms with Crippen molar-refractivity contribution in [3.8, 4) is 0 Å². The molecule has 0 amide bonds. The summed E-state index contributed by atoms with van der Waals surface area (Å²) in [6.07, 6.45) is 4.53. The zero-order valence-corrected chi connectivity index (χ0v) is 13.6. The fourth-order valence-electron chi connectivity index (χ4n) is 2.30. The molecule has 0 saturated heterocycles. The van der Waals surface area contributed by atoms with Gasteiger partial charge in [-0.2, -0.15) is 11.8 Å². The van der Waals surface area contributed by atoms with E-state index in [2.05, 4.69) is 31.7 Å². The first kappa shape index (κ1) is 13.7. The van der Waals surface area contributed by atoms with Gasteiger partial charge in [-0.05, 0) is 41.1 Å². The number of rotatable bonds is 4. The molecule has 1 saturated carbocycles. The lowest BCUT2D eigenvalue weighted by molar-refractivity contribution is 0.618. The van der Waals surface area contributed by atoms with Crippen LogP contribution in [0.2, 0.25) is 0 Å². The third-order valence-corrected chi connectivity index (χ3v) is 5.93. The van der Waals surface area contributed by atoms with Crippen molar-refractivity contribution in [1.29, 1.82) is 0 Å². The Labute approximate surface area is 128 Å². The van der Waals surface area contributed by atoms with E-state index in [9.17, 15) is 4.39 Å². The van der Waals surface area contributed by atoms with Crippen LogP contribution in [0, 0.1) is 5.82 Å². The minimum absolute atomic E-state index is 0.260. The molecule has 102 valence electrons. The van der Waals surface area contributed by atoms with E-state index in [0.717, 1.165) is 23.4 Å². The molecule has 2 aromatic rings. The van der Waals surface area contributed by atoms with Gasteiger partial charge in [-0.15, -0.1) is 11.6 Å². The van der Waals surface area contributed by atoms with Crippen molar-refractivity contribution in [2.75, 3.05) is 6.26 Å². The Morgan fingerprint density at radius 2 is 2.26 bits per heavy atom. The molecule has 0 bridgehead atoms. The molecule has 1 heterocycles. The second kappa shape index (κ2) is 4.93. The van der Waals surface area contributed by atoms with E-state index in [0.29, 0.717) is 10.4 Å². The molecule has 0 spiro atoms. The van der Waals surface area contributed by atoms with Crippen LogP contribution >= 0.6 is 39.3 Å². The lowest BCUT2D eigenvalue weighted by atomic mass is 10.3. The molecule has 1 aliphatic rings. The predicted molar refractivity (Wildman–Crippen MR) is 82.4 cm³/mol. The van der Waals surface area contributed by atoms with E-state index in [1.165, 1.54) is 12.8 Å². The van der Waals surface area contributed by atoms with Crippen molar-refractivity contribution in [2.24, 2.45) is 0 Å². The molecule has 1 aromatic carbocycles. The van der Waals surface area contributed by atoms with E-state index < -0.39 is 0 Å². The maximum absolute atomic E-state index is 13.7. The van der Waals surface area contributed by atoms with Crippen molar-refractivity contribution < 1.29 is 4.39 Å². The first-order valence-corrected chi connectivity index (χ1v) is 8.59. The van der Waals surface area contributed by atoms with Gasteiger partial charge in [-0.3, -0.25) is 0 Å². The van der Waals surface area contributed by atoms with E-state index in [-0.39, 0.29) is 10.6 Å². The summed E-state index contributed by atoms with van der Waals surface area (Å²) in [6.45, 7) is 0.855. The van der Waals surface area contributed by atoms with Gasteiger partial charge in [-0.1, -0.05) is 0 Å². The zero-order chi connectivity index (χ0) is 13.6. The minimum atomic E-state index is -0.260. The molecule has 0 N–H and O–H groups in total. The largest absolute Gasteiger partial charge is 0.325 e. The summed E-state index contributed by atoms with van der Waals surface area (Å²) >= 11 is 11.1. The van der Waals surface area contributed by atoms with Crippen LogP contribution in [0.25, 0.3) is 11.0 Å². The number of hydrogen-bond acceptors (Lipinski definition) is 2. The van der Waals surface area contributed by atoms with Crippen molar-refractivity contribution in [3.05, 3.63) is 28.2 Å². The Morgan fingerprint density at radius 3 is 2.84 bits per heavy atom. The van der Waals surface area contributed by atoms with Gasteiger partial charge in [-0.25, -0.2) is 9.37 Å². The summed E-state index contributed by atoms with van der Waals surface area (Å²) in [5.74, 6) is 0.900. The number of alkyl halides is 1. The molecule has 1 aromatic heterocycles. The fraction of sp³-hybridized carbons (Fsp3) is 0.462. The summed E-state index contributed by atoms with van der Waals surface area (Å²) < 4.78 is 16.5. The monoisotopic (exact) mass is 362 g/mol. The standard InChI is InChI=1S/C13H13BrClFN2S/c1-19-13(2-3-13)7-18-11-5-9(16)8(14)4-10(11)17-12(18)6-15/h4-5H,2-3,6-7H2,1H3. The van der Waals surface area contributed by atoms with Gasteiger partial charge >= 0.3 is 0 Å². The van der Waals surface area contributed by atoms with Gasteiger partial charge < -0.3 is 4.57 Å². The van der Waals surface area contributed by atoms with Crippen LogP contribution in [0.4, 0.5) is 4.39 Å². The van der Waals surface area contributed by atoms with Crippen LogP contribution in [0.15, 0.2) is 16.6 Å². The summed E-state index contributed by atoms with van der Waals surface area (Å²) in [6, 6.07) is 3.26. The number of aromatic nitrogens is 2. The highest BCUT2D eigenvalue weighted by Crippen LogP contribution is 2.49. The van der Waals surface area contributed by atoms with Crippen LogP contribution in [0.3, 0.4) is 0 Å². The third-order valence-electron chi connectivity index (χ3n) is 3.68. The summed E-state index contributed by atoms with van der Waals surface area (Å²) in [7, 11) is 0. The zero-order valence-electron chi connectivity index (χ0n) is 10.4. The molecular formula is C13H13BrClFN2S. The summed E-state index contributed by atoms with van der Waals surface area (Å²) in [5, 5.41) is 0. The first-order valence-electron chi connectivity index (χ1n) is 6.04. The van der Waals surface area contributed by atoms with Gasteiger partial charge in [0.1, 0.15) is 11.6 Å². The fourth-order valence-corrected chi connectivity index (χ4v) is 3.61. The van der Waals surface area contributed by atoms with Crippen LogP contribution in [-0.2, 0) is 12.4 Å². The maximum Gasteiger partial charge on any atom is 0.139 e. The molecule has 3 rings (SSSR count). The van der Waals surface area contributed by atoms with Crippen molar-refractivity contribution in [1.82, 2.24) is 9.55 Å². The Morgan fingerprint density at radius 1 is 1.53 bits per heavy atom. The van der Waals surface area contributed by atoms with E-state index >= 15 is 0 Å². The van der Waals surface area contributed by atoms with Crippen LogP contribution in [0.1, 0.15) is 18.7 Å². The number of fused-ring (bicyclic) bond motifs is 1. The van der Waals surface area contributed by atoms with E-state index in [4.69, 9.17) is 11.6 Å². The first-order chi connectivity index (χ1) is 9.08. The molecule has 6 heteroatoms. The predicted octanol–water partition coefficient (Wildman–Crippen LogP) is 4.57. The molecule has 0 atom stereocenters. The normalized spacial score (nSPS) is 17.1. The summed E-state index contributed by atoms with van der Waals surface area (Å²) in [4.78, 5) is 4.50. The summed E-state index contributed by atoms with van der Waals surface area (Å²) in [5.41, 5.74) is 1.62. The Kier molecular flexibility index (Phi) is 3.56. The lowest BCUT2D eigenvalue weighted by Crippen LogP contribution is -2.15. The van der Waals surface area contributed by atoms with Crippen molar-refractivity contribution in [2.45, 2.75) is 30.0 Å². The minimum Gasteiger partial charge on any atom is -0.325 e. The van der Waals surface area contributed by atoms with Crippen LogP contribution in [-0.4, -0.2) is 20.6 Å². The van der Waals surface area contributed by atoms with E-state index in [1.807, 2.05) is 11.8 Å². The van der Waals surface area contributed by atoms with Crippen LogP contribution < -0.4 is 0 Å². The van der Waals surface area contributed by atoms with Gasteiger partial charge in [0.2, 0.25) is 0 Å². The number of thioether (sulfide) groups is 1. The Bertz CT molecular complexity index is 639. The number of halogens is 3. The molecule has 0 unspecified atom stereocenters. The second-order valence-electron chi connectivity index (χ2n) is 4.89. The van der Waals surface area contributed by atoms with Gasteiger partial charge in [0.05, 0.1) is 21.4 Å². The van der Waals surface area contributed by atoms with Gasteiger partial charge in [0.15, 0.2) is 0 Å². The Hall–Kier alpha value is -0.260. The smallest absolute Gasteiger partial charge is 0.139 e. The number of hydrogen-bond donors (Lipinski definition) is 0. The quantitative estimate of drug-likeness (QED) is 0.740. The van der Waals surface area contributed by atoms with Crippen molar-refractivity contribution in [3.63, 3.8) is 0 Å². The molecule has 1 aliphatic carbocycles. The lowest BCUT2D eigenvalue weighted by Gasteiger charge is -2.15. The maximum atomic E-state index is 13.7. The highest BCUT2D eigenvalue weighted by atomic mass is 79.9.